The molecule has 0 N–H and O–H groups in total. The summed E-state index contributed by atoms with van der Waals surface area (Å²) in [5.74, 6) is 0. The maximum absolute atomic E-state index is 4.75. The van der Waals surface area contributed by atoms with E-state index >= 15 is 0 Å². The first-order valence-corrected chi connectivity index (χ1v) is 11.2. The standard InChI is InChI=1S/C9H14N2P4/c1-6-7-4-3-5-8(7)10-9(11(6)2)15(13)14-12/h3-4,14H,1,5,12-13H2,2H3. The van der Waals surface area contributed by atoms with Crippen molar-refractivity contribution in [2.45, 2.75) is 6.42 Å². The predicted octanol–water partition coefficient (Wildman–Crippen LogP) is 3.67. The normalized spacial score (nSPS) is 22.7. The zero-order valence-electron chi connectivity index (χ0n) is 8.57. The molecule has 0 saturated carbocycles. The minimum Gasteiger partial charge on any atom is -0.329 e. The molecule has 15 heavy (non-hydrogen) atoms. The average molecular weight is 274 g/mol. The number of likely N-dealkylation sites (N-methyl/N-ethyl adjacent to an activating group) is 1. The lowest BCUT2D eigenvalue weighted by atomic mass is 10.1. The van der Waals surface area contributed by atoms with Crippen molar-refractivity contribution >= 4 is 38.7 Å². The summed E-state index contributed by atoms with van der Waals surface area (Å²) in [5, 5.41) is 0. The van der Waals surface area contributed by atoms with Gasteiger partial charge in [-0.25, -0.2) is 4.99 Å². The Balaban J connectivity index is 2.38. The average Bonchev–Trinajstić information content (AvgIpc) is 2.70. The third kappa shape index (κ3) is 2.11. The minimum atomic E-state index is -0.226. The fourth-order valence-electron chi connectivity index (χ4n) is 1.63. The van der Waals surface area contributed by atoms with Gasteiger partial charge < -0.3 is 4.90 Å². The van der Waals surface area contributed by atoms with Gasteiger partial charge in [0.2, 0.25) is 0 Å². The summed E-state index contributed by atoms with van der Waals surface area (Å²) in [6.07, 6.45) is 5.24. The first kappa shape index (κ1) is 11.9. The molecule has 2 aliphatic rings. The summed E-state index contributed by atoms with van der Waals surface area (Å²) in [4.78, 5) is 6.88. The van der Waals surface area contributed by atoms with Gasteiger partial charge in [-0.1, -0.05) is 35.6 Å². The quantitative estimate of drug-likeness (QED) is 0.701. The molecule has 0 aromatic carbocycles. The maximum Gasteiger partial charge on any atom is 0.140 e. The Morgan fingerprint density at radius 3 is 3.07 bits per heavy atom. The second-order valence-corrected chi connectivity index (χ2v) is 12.4. The first-order chi connectivity index (χ1) is 7.15. The lowest BCUT2D eigenvalue weighted by Crippen LogP contribution is -2.26. The molecule has 0 spiro atoms. The number of hydrogen-bond donors (Lipinski definition) is 0. The topological polar surface area (TPSA) is 15.6 Å². The Labute approximate surface area is 98.0 Å². The molecule has 0 fully saturated rings. The molecule has 0 aromatic heterocycles. The van der Waals surface area contributed by atoms with Gasteiger partial charge >= 0.3 is 0 Å². The van der Waals surface area contributed by atoms with Gasteiger partial charge in [-0.3, -0.25) is 0 Å². The smallest absolute Gasteiger partial charge is 0.140 e. The van der Waals surface area contributed by atoms with Gasteiger partial charge in [-0.15, -0.1) is 8.93 Å². The zero-order chi connectivity index (χ0) is 11.0. The Morgan fingerprint density at radius 2 is 2.40 bits per heavy atom. The van der Waals surface area contributed by atoms with E-state index < -0.39 is 0 Å². The fourth-order valence-corrected chi connectivity index (χ4v) is 5.10. The van der Waals surface area contributed by atoms with Crippen molar-refractivity contribution in [1.82, 2.24) is 4.90 Å². The van der Waals surface area contributed by atoms with Crippen molar-refractivity contribution in [2.24, 2.45) is 4.99 Å². The van der Waals surface area contributed by atoms with Gasteiger partial charge in [-0.2, -0.15) is 0 Å². The van der Waals surface area contributed by atoms with E-state index in [2.05, 4.69) is 48.5 Å². The van der Waals surface area contributed by atoms with Crippen molar-refractivity contribution in [2.75, 3.05) is 7.05 Å². The van der Waals surface area contributed by atoms with Crippen LogP contribution in [0.3, 0.4) is 0 Å². The molecule has 0 radical (unpaired) electrons. The molecule has 2 nitrogen and oxygen atoms in total. The highest BCUT2D eigenvalue weighted by Crippen LogP contribution is 2.68. The van der Waals surface area contributed by atoms with Crippen molar-refractivity contribution in [1.29, 1.82) is 0 Å². The Bertz CT molecular complexity index is 397. The molecular formula is C9H14N2P4. The van der Waals surface area contributed by atoms with Crippen LogP contribution in [0.25, 0.3) is 0 Å². The third-order valence-corrected chi connectivity index (χ3v) is 12.3. The van der Waals surface area contributed by atoms with Gasteiger partial charge in [0.1, 0.15) is 5.58 Å². The van der Waals surface area contributed by atoms with Crippen LogP contribution in [-0.2, 0) is 0 Å². The van der Waals surface area contributed by atoms with Crippen molar-refractivity contribution in [3.63, 3.8) is 0 Å². The molecule has 2 rings (SSSR count). The summed E-state index contributed by atoms with van der Waals surface area (Å²) < 4.78 is 0. The largest absolute Gasteiger partial charge is 0.329 e. The van der Waals surface area contributed by atoms with Gasteiger partial charge in [-0.05, 0) is 0 Å². The Kier molecular flexibility index (Phi) is 3.75. The van der Waals surface area contributed by atoms with Crippen LogP contribution in [0.2, 0.25) is 0 Å². The molecule has 0 aromatic rings. The maximum atomic E-state index is 4.75. The van der Waals surface area contributed by atoms with Gasteiger partial charge in [0.05, 0.1) is 5.70 Å². The lowest BCUT2D eigenvalue weighted by molar-refractivity contribution is 0.643. The predicted molar refractivity (Wildman–Crippen MR) is 79.8 cm³/mol. The van der Waals surface area contributed by atoms with E-state index in [0.29, 0.717) is 0 Å². The van der Waals surface area contributed by atoms with Crippen molar-refractivity contribution in [3.05, 3.63) is 35.7 Å². The van der Waals surface area contributed by atoms with E-state index in [1.165, 1.54) is 16.8 Å². The van der Waals surface area contributed by atoms with Crippen LogP contribution in [-0.4, -0.2) is 17.5 Å². The van der Waals surface area contributed by atoms with Crippen LogP contribution < -0.4 is 0 Å². The molecule has 0 bridgehead atoms. The van der Waals surface area contributed by atoms with Crippen LogP contribution in [0.15, 0.2) is 40.7 Å². The van der Waals surface area contributed by atoms with Gasteiger partial charge in [0, 0.05) is 32.0 Å². The minimum absolute atomic E-state index is 0.226. The second kappa shape index (κ2) is 4.73. The number of rotatable bonds is 2. The molecule has 1 aliphatic carbocycles. The Morgan fingerprint density at radius 1 is 1.67 bits per heavy atom. The van der Waals surface area contributed by atoms with Gasteiger partial charge in [0.15, 0.2) is 0 Å². The summed E-state index contributed by atoms with van der Waals surface area (Å²) >= 11 is 0. The zero-order valence-corrected chi connectivity index (χ0v) is 12.8. The summed E-state index contributed by atoms with van der Waals surface area (Å²) in [6, 6.07) is 0. The molecule has 1 aliphatic heterocycles. The van der Waals surface area contributed by atoms with E-state index in [0.717, 1.165) is 20.1 Å². The highest BCUT2D eigenvalue weighted by molar-refractivity contribution is 8.66. The molecule has 0 amide bonds. The van der Waals surface area contributed by atoms with Crippen LogP contribution in [0, 0.1) is 0 Å². The van der Waals surface area contributed by atoms with Crippen LogP contribution in [0.1, 0.15) is 6.42 Å². The van der Waals surface area contributed by atoms with E-state index in [1.807, 2.05) is 0 Å². The number of allylic oxidation sites excluding steroid dienone is 2. The fraction of sp³-hybridized carbons (Fsp3) is 0.222. The van der Waals surface area contributed by atoms with E-state index in [1.54, 1.807) is 0 Å². The number of nitrogens with zero attached hydrogens (tertiary/aromatic N) is 2. The van der Waals surface area contributed by atoms with E-state index in [4.69, 9.17) is 4.99 Å². The van der Waals surface area contributed by atoms with Crippen molar-refractivity contribution < 1.29 is 0 Å². The lowest BCUT2D eigenvalue weighted by Gasteiger charge is -2.30. The van der Waals surface area contributed by atoms with E-state index in [-0.39, 0.29) is 7.30 Å². The highest BCUT2D eigenvalue weighted by Gasteiger charge is 2.25. The molecular weight excluding hydrogens is 260 g/mol. The first-order valence-electron chi connectivity index (χ1n) is 4.57. The van der Waals surface area contributed by atoms with Gasteiger partial charge in [0.25, 0.3) is 0 Å². The molecule has 0 saturated heterocycles. The summed E-state index contributed by atoms with van der Waals surface area (Å²) in [5.41, 5.74) is 4.66. The molecule has 1 heterocycles. The summed E-state index contributed by atoms with van der Waals surface area (Å²) in [6.45, 7) is 4.14. The number of aliphatic imine (C=N–C) groups is 1. The van der Waals surface area contributed by atoms with Crippen LogP contribution in [0.4, 0.5) is 0 Å². The second-order valence-electron chi connectivity index (χ2n) is 3.38. The SMILES string of the molecule is C=C1C2=C(CC=C2)N=C(P(P)PP)N1C. The molecule has 6 heteroatoms. The monoisotopic (exact) mass is 274 g/mol. The summed E-state index contributed by atoms with van der Waals surface area (Å²) in [7, 11) is 8.38. The molecule has 80 valence electrons. The number of hydrogen-bond acceptors (Lipinski definition) is 2. The van der Waals surface area contributed by atoms with E-state index in [9.17, 15) is 0 Å². The highest BCUT2D eigenvalue weighted by atomic mass is 32.6. The number of amidine groups is 1. The molecule has 4 atom stereocenters. The Hall–Kier alpha value is 0.410. The van der Waals surface area contributed by atoms with Crippen LogP contribution >= 0.6 is 33.1 Å². The third-order valence-electron chi connectivity index (χ3n) is 2.51. The van der Waals surface area contributed by atoms with Crippen molar-refractivity contribution in [3.8, 4) is 0 Å². The van der Waals surface area contributed by atoms with Crippen LogP contribution in [0.5, 0.6) is 0 Å². The molecule has 4 unspecified atom stereocenters.